The maximum absolute atomic E-state index is 13.4. The number of carbonyl (C=O) groups is 2. The average molecular weight is 240 g/mol. The van der Waals surface area contributed by atoms with E-state index in [1.54, 1.807) is 6.92 Å². The Labute approximate surface area is 97.4 Å². The number of amides is 1. The van der Waals surface area contributed by atoms with Crippen molar-refractivity contribution in [3.63, 3.8) is 0 Å². The van der Waals surface area contributed by atoms with E-state index in [-0.39, 0.29) is 17.8 Å². The Morgan fingerprint density at radius 3 is 2.65 bits per heavy atom. The molecule has 0 heterocycles. The largest absolute Gasteiger partial charge is 0.478 e. The van der Waals surface area contributed by atoms with Crippen molar-refractivity contribution in [3.8, 4) is 0 Å². The number of carboxylic acid groups (broad SMARTS) is 1. The van der Waals surface area contributed by atoms with Gasteiger partial charge in [-0.05, 0) is 18.2 Å². The van der Waals surface area contributed by atoms with Crippen LogP contribution in [-0.4, -0.2) is 23.5 Å². The van der Waals surface area contributed by atoms with Crippen LogP contribution >= 0.6 is 0 Å². The summed E-state index contributed by atoms with van der Waals surface area (Å²) in [5.41, 5.74) is 5.07. The average Bonchev–Trinajstić information content (AvgIpc) is 2.30. The Bertz CT molecular complexity index is 448. The van der Waals surface area contributed by atoms with Gasteiger partial charge in [0.15, 0.2) is 0 Å². The molecule has 0 saturated carbocycles. The number of aromatic carboxylic acids is 1. The summed E-state index contributed by atoms with van der Waals surface area (Å²) in [6, 6.07) is 3.28. The highest BCUT2D eigenvalue weighted by atomic mass is 19.1. The first-order valence-corrected chi connectivity index (χ1v) is 4.99. The van der Waals surface area contributed by atoms with Crippen LogP contribution < -0.4 is 11.1 Å². The normalized spacial score (nSPS) is 11.9. The van der Waals surface area contributed by atoms with Gasteiger partial charge in [-0.15, -0.1) is 0 Å². The molecule has 1 aromatic carbocycles. The van der Waals surface area contributed by atoms with Crippen LogP contribution in [0.3, 0.4) is 0 Å². The van der Waals surface area contributed by atoms with Crippen LogP contribution in [0.15, 0.2) is 18.2 Å². The van der Waals surface area contributed by atoms with Gasteiger partial charge in [-0.3, -0.25) is 4.79 Å². The molecule has 0 saturated heterocycles. The Hall–Kier alpha value is -1.95. The molecule has 0 aromatic heterocycles. The molecule has 0 aliphatic rings. The van der Waals surface area contributed by atoms with Gasteiger partial charge in [-0.2, -0.15) is 0 Å². The second-order valence-electron chi connectivity index (χ2n) is 3.63. The van der Waals surface area contributed by atoms with E-state index in [9.17, 15) is 14.0 Å². The minimum absolute atomic E-state index is 0.0553. The summed E-state index contributed by atoms with van der Waals surface area (Å²) in [6.45, 7) is 1.76. The number of rotatable bonds is 4. The summed E-state index contributed by atoms with van der Waals surface area (Å²) in [4.78, 5) is 22.0. The van der Waals surface area contributed by atoms with Gasteiger partial charge in [-0.1, -0.05) is 6.92 Å². The van der Waals surface area contributed by atoms with Crippen molar-refractivity contribution in [2.45, 2.75) is 6.92 Å². The summed E-state index contributed by atoms with van der Waals surface area (Å²) in [7, 11) is 0. The van der Waals surface area contributed by atoms with Crippen LogP contribution in [0.25, 0.3) is 0 Å². The quantitative estimate of drug-likeness (QED) is 0.733. The molecule has 1 unspecified atom stereocenters. The lowest BCUT2D eigenvalue weighted by Crippen LogP contribution is -2.27. The molecule has 5 nitrogen and oxygen atoms in total. The Morgan fingerprint density at radius 2 is 2.18 bits per heavy atom. The fraction of sp³-hybridized carbons (Fsp3) is 0.273. The molecule has 0 aliphatic heterocycles. The topological polar surface area (TPSA) is 92.4 Å². The van der Waals surface area contributed by atoms with Gasteiger partial charge >= 0.3 is 5.97 Å². The molecule has 0 radical (unpaired) electrons. The maximum atomic E-state index is 13.4. The Kier molecular flexibility index (Phi) is 4.17. The zero-order valence-corrected chi connectivity index (χ0v) is 9.24. The molecule has 92 valence electrons. The summed E-state index contributed by atoms with van der Waals surface area (Å²) >= 11 is 0. The second-order valence-corrected chi connectivity index (χ2v) is 3.63. The van der Waals surface area contributed by atoms with Gasteiger partial charge in [-0.25, -0.2) is 9.18 Å². The van der Waals surface area contributed by atoms with E-state index < -0.39 is 23.6 Å². The zero-order chi connectivity index (χ0) is 13.0. The van der Waals surface area contributed by atoms with Gasteiger partial charge in [0.1, 0.15) is 5.82 Å². The summed E-state index contributed by atoms with van der Waals surface area (Å²) < 4.78 is 13.4. The van der Waals surface area contributed by atoms with Crippen LogP contribution in [0.5, 0.6) is 0 Å². The molecule has 0 spiro atoms. The van der Waals surface area contributed by atoms with Crippen LogP contribution in [0.4, 0.5) is 10.1 Å². The number of benzene rings is 1. The first-order chi connectivity index (χ1) is 7.95. The van der Waals surface area contributed by atoms with Crippen LogP contribution in [0.2, 0.25) is 0 Å². The molecule has 1 amide bonds. The zero-order valence-electron chi connectivity index (χ0n) is 9.24. The number of nitrogens with one attached hydrogen (secondary N) is 1. The number of anilines is 1. The first kappa shape index (κ1) is 13.1. The third-order valence-electron chi connectivity index (χ3n) is 2.28. The predicted octanol–water partition coefficient (Wildman–Crippen LogP) is 1.06. The van der Waals surface area contributed by atoms with Crippen LogP contribution in [0.1, 0.15) is 17.3 Å². The molecule has 1 aromatic rings. The molecule has 0 bridgehead atoms. The standard InChI is InChI=1S/C11H13FN2O3/c1-6(5-13)10(15)14-9-3-2-7(11(16)17)4-8(9)12/h2-4,6H,5,13H2,1H3,(H,14,15)(H,16,17). The highest BCUT2D eigenvalue weighted by Gasteiger charge is 2.14. The van der Waals surface area contributed by atoms with Crippen molar-refractivity contribution in [2.24, 2.45) is 11.7 Å². The highest BCUT2D eigenvalue weighted by molar-refractivity contribution is 5.93. The fourth-order valence-corrected chi connectivity index (χ4v) is 1.11. The van der Waals surface area contributed by atoms with Crippen molar-refractivity contribution in [1.29, 1.82) is 0 Å². The molecule has 6 heteroatoms. The van der Waals surface area contributed by atoms with E-state index in [2.05, 4.69) is 5.32 Å². The molecular formula is C11H13FN2O3. The van der Waals surface area contributed by atoms with Gasteiger partial charge < -0.3 is 16.2 Å². The van der Waals surface area contributed by atoms with Crippen LogP contribution in [0, 0.1) is 11.7 Å². The van der Waals surface area contributed by atoms with E-state index >= 15 is 0 Å². The molecule has 17 heavy (non-hydrogen) atoms. The van der Waals surface area contributed by atoms with Crippen molar-refractivity contribution < 1.29 is 19.1 Å². The summed E-state index contributed by atoms with van der Waals surface area (Å²) in [5.74, 6) is -2.86. The summed E-state index contributed by atoms with van der Waals surface area (Å²) in [6.07, 6.45) is 0. The number of carboxylic acids is 1. The smallest absolute Gasteiger partial charge is 0.335 e. The monoisotopic (exact) mass is 240 g/mol. The van der Waals surface area contributed by atoms with E-state index in [4.69, 9.17) is 10.8 Å². The lowest BCUT2D eigenvalue weighted by Gasteiger charge is -2.10. The van der Waals surface area contributed by atoms with Gasteiger partial charge in [0.25, 0.3) is 0 Å². The van der Waals surface area contributed by atoms with E-state index in [0.29, 0.717) is 0 Å². The number of hydrogen-bond donors (Lipinski definition) is 3. The SMILES string of the molecule is CC(CN)C(=O)Nc1ccc(C(=O)O)cc1F. The fourth-order valence-electron chi connectivity index (χ4n) is 1.11. The number of hydrogen-bond acceptors (Lipinski definition) is 3. The minimum Gasteiger partial charge on any atom is -0.478 e. The van der Waals surface area contributed by atoms with Crippen molar-refractivity contribution >= 4 is 17.6 Å². The second kappa shape index (κ2) is 5.40. The molecule has 1 rings (SSSR count). The van der Waals surface area contributed by atoms with E-state index in [1.807, 2.05) is 0 Å². The molecule has 4 N–H and O–H groups in total. The van der Waals surface area contributed by atoms with E-state index in [1.165, 1.54) is 12.1 Å². The molecule has 1 atom stereocenters. The third kappa shape index (κ3) is 3.25. The van der Waals surface area contributed by atoms with Crippen LogP contribution in [-0.2, 0) is 4.79 Å². The predicted molar refractivity (Wildman–Crippen MR) is 60.2 cm³/mol. The Balaban J connectivity index is 2.86. The number of nitrogens with two attached hydrogens (primary N) is 1. The van der Waals surface area contributed by atoms with Crippen molar-refractivity contribution in [3.05, 3.63) is 29.6 Å². The minimum atomic E-state index is -1.22. The Morgan fingerprint density at radius 1 is 1.53 bits per heavy atom. The lowest BCUT2D eigenvalue weighted by molar-refractivity contribution is -0.119. The van der Waals surface area contributed by atoms with Gasteiger partial charge in [0.2, 0.25) is 5.91 Å². The van der Waals surface area contributed by atoms with Gasteiger partial charge in [0.05, 0.1) is 11.3 Å². The molecule has 0 fully saturated rings. The highest BCUT2D eigenvalue weighted by Crippen LogP contribution is 2.16. The number of halogens is 1. The first-order valence-electron chi connectivity index (χ1n) is 4.99. The van der Waals surface area contributed by atoms with E-state index in [0.717, 1.165) is 6.07 Å². The van der Waals surface area contributed by atoms with Crippen molar-refractivity contribution in [1.82, 2.24) is 0 Å². The number of carbonyl (C=O) groups excluding carboxylic acids is 1. The molecular weight excluding hydrogens is 227 g/mol. The lowest BCUT2D eigenvalue weighted by atomic mass is 10.1. The van der Waals surface area contributed by atoms with Crippen molar-refractivity contribution in [2.75, 3.05) is 11.9 Å². The maximum Gasteiger partial charge on any atom is 0.335 e. The van der Waals surface area contributed by atoms with Gasteiger partial charge in [0, 0.05) is 12.5 Å². The molecule has 0 aliphatic carbocycles. The third-order valence-corrected chi connectivity index (χ3v) is 2.28. The summed E-state index contributed by atoms with van der Waals surface area (Å²) in [5, 5.41) is 11.0.